The molecule has 0 rings (SSSR count). The molecule has 0 aliphatic carbocycles. The molecule has 1 unspecified atom stereocenters. The molecule has 7 nitrogen and oxygen atoms in total. The molecule has 0 aliphatic heterocycles. The number of likely N-dealkylation sites (N-methyl/N-ethyl adjacent to an activating group) is 1. The molecule has 0 heterocycles. The first kappa shape index (κ1) is 17.2. The molecule has 0 aliphatic rings. The molecule has 1 atom stereocenters. The first-order valence-electron chi connectivity index (χ1n) is 6.28. The van der Waals surface area contributed by atoms with Crippen LogP contribution in [0.25, 0.3) is 0 Å². The summed E-state index contributed by atoms with van der Waals surface area (Å²) in [6.45, 7) is 5.94. The minimum atomic E-state index is -0.971. The van der Waals surface area contributed by atoms with Crippen LogP contribution in [0.1, 0.15) is 27.2 Å². The maximum atomic E-state index is 11.6. The van der Waals surface area contributed by atoms with Crippen LogP contribution in [0.4, 0.5) is 4.79 Å². The zero-order valence-corrected chi connectivity index (χ0v) is 11.9. The van der Waals surface area contributed by atoms with E-state index in [1.165, 1.54) is 4.90 Å². The minimum absolute atomic E-state index is 0.00383. The number of carbonyl (C=O) groups is 3. The van der Waals surface area contributed by atoms with Crippen LogP contribution in [0.3, 0.4) is 0 Å². The van der Waals surface area contributed by atoms with Crippen molar-refractivity contribution in [2.24, 2.45) is 5.92 Å². The SMILES string of the molecule is CCN(C)C(=O)CNC(=O)NC(CC(=O)O)C(C)C. The molecule has 0 spiro atoms. The van der Waals surface area contributed by atoms with Crippen LogP contribution >= 0.6 is 0 Å². The van der Waals surface area contributed by atoms with Gasteiger partial charge in [0.1, 0.15) is 0 Å². The van der Waals surface area contributed by atoms with E-state index in [1.54, 1.807) is 7.05 Å². The van der Waals surface area contributed by atoms with Crippen molar-refractivity contribution in [3.8, 4) is 0 Å². The maximum Gasteiger partial charge on any atom is 0.315 e. The predicted octanol–water partition coefficient (Wildman–Crippen LogP) is 0.263. The van der Waals surface area contributed by atoms with Gasteiger partial charge in [0.15, 0.2) is 0 Å². The molecule has 19 heavy (non-hydrogen) atoms. The third kappa shape index (κ3) is 7.28. The molecule has 0 aromatic carbocycles. The van der Waals surface area contributed by atoms with Gasteiger partial charge in [-0.05, 0) is 12.8 Å². The molecular weight excluding hydrogens is 250 g/mol. The number of carboxylic acids is 1. The molecule has 0 saturated heterocycles. The average Bonchev–Trinajstić information content (AvgIpc) is 2.33. The molecule has 0 saturated carbocycles. The van der Waals surface area contributed by atoms with E-state index in [1.807, 2.05) is 20.8 Å². The monoisotopic (exact) mass is 273 g/mol. The van der Waals surface area contributed by atoms with Crippen molar-refractivity contribution in [1.82, 2.24) is 15.5 Å². The lowest BCUT2D eigenvalue weighted by Crippen LogP contribution is -2.48. The first-order valence-corrected chi connectivity index (χ1v) is 6.28. The number of rotatable bonds is 7. The summed E-state index contributed by atoms with van der Waals surface area (Å²) >= 11 is 0. The van der Waals surface area contributed by atoms with Gasteiger partial charge >= 0.3 is 12.0 Å². The zero-order valence-electron chi connectivity index (χ0n) is 11.9. The quantitative estimate of drug-likeness (QED) is 0.619. The number of carbonyl (C=O) groups excluding carboxylic acids is 2. The van der Waals surface area contributed by atoms with E-state index in [2.05, 4.69) is 10.6 Å². The molecule has 3 N–H and O–H groups in total. The summed E-state index contributed by atoms with van der Waals surface area (Å²) in [6.07, 6.45) is -0.145. The number of hydrogen-bond acceptors (Lipinski definition) is 3. The standard InChI is InChI=1S/C12H23N3O4/c1-5-15(4)10(16)7-13-12(19)14-9(8(2)3)6-11(17)18/h8-9H,5-7H2,1-4H3,(H,17,18)(H2,13,14,19). The van der Waals surface area contributed by atoms with Gasteiger partial charge in [-0.25, -0.2) is 4.79 Å². The summed E-state index contributed by atoms with van der Waals surface area (Å²) in [7, 11) is 1.64. The highest BCUT2D eigenvalue weighted by molar-refractivity contribution is 5.84. The van der Waals surface area contributed by atoms with Crippen molar-refractivity contribution in [1.29, 1.82) is 0 Å². The zero-order chi connectivity index (χ0) is 15.0. The first-order chi connectivity index (χ1) is 8.77. The third-order valence-corrected chi connectivity index (χ3v) is 2.82. The molecule has 0 radical (unpaired) electrons. The molecule has 110 valence electrons. The van der Waals surface area contributed by atoms with Gasteiger partial charge in [0, 0.05) is 19.6 Å². The Kier molecular flexibility index (Phi) is 7.55. The van der Waals surface area contributed by atoms with Crippen molar-refractivity contribution in [3.05, 3.63) is 0 Å². The van der Waals surface area contributed by atoms with Crippen LogP contribution in [0.5, 0.6) is 0 Å². The Morgan fingerprint density at radius 3 is 2.26 bits per heavy atom. The third-order valence-electron chi connectivity index (χ3n) is 2.82. The van der Waals surface area contributed by atoms with Crippen LogP contribution in [0.15, 0.2) is 0 Å². The van der Waals surface area contributed by atoms with E-state index in [9.17, 15) is 14.4 Å². The molecule has 0 bridgehead atoms. The number of nitrogens with zero attached hydrogens (tertiary/aromatic N) is 1. The normalized spacial score (nSPS) is 11.8. The second-order valence-electron chi connectivity index (χ2n) is 4.68. The maximum absolute atomic E-state index is 11.6. The fraction of sp³-hybridized carbons (Fsp3) is 0.750. The number of nitrogens with one attached hydrogen (secondary N) is 2. The summed E-state index contributed by atoms with van der Waals surface area (Å²) in [5.41, 5.74) is 0. The molecule has 0 fully saturated rings. The van der Waals surface area contributed by atoms with Crippen molar-refractivity contribution in [2.75, 3.05) is 20.1 Å². The Labute approximate surface area is 113 Å². The van der Waals surface area contributed by atoms with Crippen LogP contribution in [-0.2, 0) is 9.59 Å². The molecule has 3 amide bonds. The van der Waals surface area contributed by atoms with Crippen LogP contribution in [-0.4, -0.2) is 54.1 Å². The Morgan fingerprint density at radius 2 is 1.84 bits per heavy atom. The van der Waals surface area contributed by atoms with E-state index in [-0.39, 0.29) is 24.8 Å². The van der Waals surface area contributed by atoms with E-state index in [4.69, 9.17) is 5.11 Å². The van der Waals surface area contributed by atoms with Gasteiger partial charge in [-0.3, -0.25) is 9.59 Å². The van der Waals surface area contributed by atoms with Crippen LogP contribution in [0, 0.1) is 5.92 Å². The van der Waals surface area contributed by atoms with E-state index in [0.717, 1.165) is 0 Å². The second-order valence-corrected chi connectivity index (χ2v) is 4.68. The van der Waals surface area contributed by atoms with Gasteiger partial charge in [0.2, 0.25) is 5.91 Å². The predicted molar refractivity (Wildman–Crippen MR) is 70.7 cm³/mol. The Hall–Kier alpha value is -1.79. The van der Waals surface area contributed by atoms with E-state index >= 15 is 0 Å². The number of aliphatic carboxylic acids is 1. The van der Waals surface area contributed by atoms with Gasteiger partial charge in [-0.2, -0.15) is 0 Å². The number of carboxylic acid groups (broad SMARTS) is 1. The number of hydrogen-bond donors (Lipinski definition) is 3. The van der Waals surface area contributed by atoms with Gasteiger partial charge in [-0.15, -0.1) is 0 Å². The summed E-state index contributed by atoms with van der Waals surface area (Å²) in [6, 6.07) is -0.991. The van der Waals surface area contributed by atoms with E-state index in [0.29, 0.717) is 6.54 Å². The van der Waals surface area contributed by atoms with Gasteiger partial charge < -0.3 is 20.6 Å². The van der Waals surface area contributed by atoms with Crippen molar-refractivity contribution >= 4 is 17.9 Å². The molecular formula is C12H23N3O4. The van der Waals surface area contributed by atoms with Crippen LogP contribution < -0.4 is 10.6 Å². The topological polar surface area (TPSA) is 98.7 Å². The second kappa shape index (κ2) is 8.34. The highest BCUT2D eigenvalue weighted by atomic mass is 16.4. The smallest absolute Gasteiger partial charge is 0.315 e. The Bertz CT molecular complexity index is 331. The van der Waals surface area contributed by atoms with Gasteiger partial charge in [-0.1, -0.05) is 13.8 Å². The van der Waals surface area contributed by atoms with Crippen LogP contribution in [0.2, 0.25) is 0 Å². The number of urea groups is 1. The highest BCUT2D eigenvalue weighted by Gasteiger charge is 2.19. The lowest BCUT2D eigenvalue weighted by molar-refractivity contribution is -0.137. The molecule has 7 heteroatoms. The average molecular weight is 273 g/mol. The number of amides is 3. The highest BCUT2D eigenvalue weighted by Crippen LogP contribution is 2.05. The lowest BCUT2D eigenvalue weighted by atomic mass is 10.0. The van der Waals surface area contributed by atoms with Crippen molar-refractivity contribution < 1.29 is 19.5 Å². The summed E-state index contributed by atoms with van der Waals surface area (Å²) < 4.78 is 0. The lowest BCUT2D eigenvalue weighted by Gasteiger charge is -2.21. The Morgan fingerprint density at radius 1 is 1.26 bits per heavy atom. The van der Waals surface area contributed by atoms with Crippen molar-refractivity contribution in [2.45, 2.75) is 33.2 Å². The van der Waals surface area contributed by atoms with Gasteiger partial charge in [0.25, 0.3) is 0 Å². The Balaban J connectivity index is 4.20. The van der Waals surface area contributed by atoms with Crippen molar-refractivity contribution in [3.63, 3.8) is 0 Å². The fourth-order valence-electron chi connectivity index (χ4n) is 1.33. The molecule has 0 aromatic rings. The largest absolute Gasteiger partial charge is 0.481 e. The summed E-state index contributed by atoms with van der Waals surface area (Å²) in [5.74, 6) is -1.17. The fourth-order valence-corrected chi connectivity index (χ4v) is 1.33. The summed E-state index contributed by atoms with van der Waals surface area (Å²) in [4.78, 5) is 35.2. The minimum Gasteiger partial charge on any atom is -0.481 e. The van der Waals surface area contributed by atoms with Gasteiger partial charge in [0.05, 0.1) is 13.0 Å². The summed E-state index contributed by atoms with van der Waals surface area (Å²) in [5, 5.41) is 13.7. The molecule has 0 aromatic heterocycles. The van der Waals surface area contributed by atoms with E-state index < -0.39 is 18.0 Å².